The number of benzene rings is 1. The van der Waals surface area contributed by atoms with E-state index in [0.29, 0.717) is 17.1 Å². The Morgan fingerprint density at radius 3 is 2.61 bits per heavy atom. The fraction of sp³-hybridized carbons (Fsp3) is 0.462. The molecular weight excluding hydrogens is 316 g/mol. The Labute approximate surface area is 121 Å². The molecule has 0 aliphatic carbocycles. The van der Waals surface area contributed by atoms with Crippen molar-refractivity contribution >= 4 is 33.4 Å². The van der Waals surface area contributed by atoms with Crippen molar-refractivity contribution in [2.24, 2.45) is 11.1 Å². The van der Waals surface area contributed by atoms with Crippen molar-refractivity contribution in [1.29, 1.82) is 0 Å². The van der Waals surface area contributed by atoms with Crippen LogP contribution < -0.4 is 11.1 Å². The number of nitrogens with one attached hydrogen (secondary N) is 1. The van der Waals surface area contributed by atoms with Gasteiger partial charge in [0.2, 0.25) is 0 Å². The summed E-state index contributed by atoms with van der Waals surface area (Å²) in [5.41, 5.74) is 6.05. The van der Waals surface area contributed by atoms with Crippen LogP contribution in [0.2, 0.25) is 5.02 Å². The molecule has 18 heavy (non-hydrogen) atoms. The molecule has 0 heterocycles. The molecule has 1 aromatic rings. The quantitative estimate of drug-likeness (QED) is 0.892. The van der Waals surface area contributed by atoms with Gasteiger partial charge in [0.05, 0.1) is 10.6 Å². The van der Waals surface area contributed by atoms with E-state index in [2.05, 4.69) is 21.2 Å². The van der Waals surface area contributed by atoms with Gasteiger partial charge in [-0.05, 0) is 23.6 Å². The van der Waals surface area contributed by atoms with Crippen molar-refractivity contribution in [1.82, 2.24) is 5.32 Å². The first-order valence-electron chi connectivity index (χ1n) is 5.71. The third kappa shape index (κ3) is 3.97. The molecule has 0 aromatic heterocycles. The Kier molecular flexibility index (Phi) is 5.20. The van der Waals surface area contributed by atoms with E-state index in [0.717, 1.165) is 4.47 Å². The third-order valence-electron chi connectivity index (χ3n) is 2.76. The summed E-state index contributed by atoms with van der Waals surface area (Å²) >= 11 is 9.34. The second kappa shape index (κ2) is 6.04. The highest BCUT2D eigenvalue weighted by Crippen LogP contribution is 2.23. The zero-order valence-corrected chi connectivity index (χ0v) is 13.1. The third-order valence-corrected chi connectivity index (χ3v) is 3.58. The summed E-state index contributed by atoms with van der Waals surface area (Å²) in [6.45, 7) is 6.49. The number of hydrogen-bond acceptors (Lipinski definition) is 2. The first-order valence-corrected chi connectivity index (χ1v) is 6.88. The summed E-state index contributed by atoms with van der Waals surface area (Å²) in [5, 5.41) is 3.35. The molecule has 0 saturated heterocycles. The van der Waals surface area contributed by atoms with Gasteiger partial charge in [-0.2, -0.15) is 0 Å². The lowest BCUT2D eigenvalue weighted by Gasteiger charge is -2.30. The number of rotatable bonds is 3. The van der Waals surface area contributed by atoms with E-state index >= 15 is 0 Å². The van der Waals surface area contributed by atoms with Crippen molar-refractivity contribution in [2.75, 3.05) is 6.54 Å². The molecule has 5 heteroatoms. The highest BCUT2D eigenvalue weighted by molar-refractivity contribution is 9.10. The highest BCUT2D eigenvalue weighted by atomic mass is 79.9. The van der Waals surface area contributed by atoms with Crippen molar-refractivity contribution in [2.45, 2.75) is 26.8 Å². The van der Waals surface area contributed by atoms with Gasteiger partial charge in [-0.15, -0.1) is 0 Å². The fourth-order valence-electron chi connectivity index (χ4n) is 1.54. The van der Waals surface area contributed by atoms with Gasteiger partial charge in [-0.25, -0.2) is 0 Å². The minimum atomic E-state index is -0.202. The molecule has 1 unspecified atom stereocenters. The van der Waals surface area contributed by atoms with Crippen LogP contribution in [0.4, 0.5) is 0 Å². The molecular formula is C13H18BrClN2O. The van der Waals surface area contributed by atoms with Crippen molar-refractivity contribution in [3.63, 3.8) is 0 Å². The molecule has 0 aliphatic rings. The van der Waals surface area contributed by atoms with E-state index in [1.165, 1.54) is 0 Å². The largest absolute Gasteiger partial charge is 0.347 e. The monoisotopic (exact) mass is 332 g/mol. The molecule has 1 amide bonds. The summed E-state index contributed by atoms with van der Waals surface area (Å²) in [5.74, 6) is -0.202. The molecule has 1 atom stereocenters. The smallest absolute Gasteiger partial charge is 0.253 e. The predicted octanol–water partition coefficient (Wildman–Crippen LogP) is 3.21. The van der Waals surface area contributed by atoms with Gasteiger partial charge in [-0.3, -0.25) is 4.79 Å². The molecule has 0 aliphatic heterocycles. The first-order chi connectivity index (χ1) is 8.25. The number of amides is 1. The number of nitrogens with two attached hydrogens (primary N) is 1. The van der Waals surface area contributed by atoms with Gasteiger partial charge in [0.1, 0.15) is 0 Å². The minimum Gasteiger partial charge on any atom is -0.347 e. The highest BCUT2D eigenvalue weighted by Gasteiger charge is 2.25. The van der Waals surface area contributed by atoms with Gasteiger partial charge < -0.3 is 11.1 Å². The van der Waals surface area contributed by atoms with E-state index in [1.54, 1.807) is 18.2 Å². The lowest BCUT2D eigenvalue weighted by molar-refractivity contribution is 0.0905. The predicted molar refractivity (Wildman–Crippen MR) is 78.9 cm³/mol. The number of halogens is 2. The summed E-state index contributed by atoms with van der Waals surface area (Å²) < 4.78 is 0.817. The molecule has 0 bridgehead atoms. The Morgan fingerprint density at radius 1 is 1.50 bits per heavy atom. The normalized spacial score (nSPS) is 13.2. The summed E-state index contributed by atoms with van der Waals surface area (Å²) in [7, 11) is 0. The van der Waals surface area contributed by atoms with Crippen LogP contribution in [0.15, 0.2) is 22.7 Å². The van der Waals surface area contributed by atoms with Crippen LogP contribution in [0.25, 0.3) is 0 Å². The molecule has 3 nitrogen and oxygen atoms in total. The van der Waals surface area contributed by atoms with Crippen molar-refractivity contribution in [3.05, 3.63) is 33.3 Å². The van der Waals surface area contributed by atoms with Gasteiger partial charge in [-0.1, -0.05) is 48.3 Å². The molecule has 0 radical (unpaired) electrons. The lowest BCUT2D eigenvalue weighted by atomic mass is 9.86. The van der Waals surface area contributed by atoms with Crippen LogP contribution >= 0.6 is 27.5 Å². The molecule has 1 aromatic carbocycles. The Morgan fingerprint density at radius 2 is 2.11 bits per heavy atom. The fourth-order valence-corrected chi connectivity index (χ4v) is 2.10. The summed E-state index contributed by atoms with van der Waals surface area (Å²) in [6, 6.07) is 5.09. The minimum absolute atomic E-state index is 0.0943. The van der Waals surface area contributed by atoms with Crippen LogP contribution in [0.3, 0.4) is 0 Å². The van der Waals surface area contributed by atoms with Gasteiger partial charge in [0.15, 0.2) is 0 Å². The summed E-state index contributed by atoms with van der Waals surface area (Å²) in [6.07, 6.45) is 0. The number of carbonyl (C=O) groups is 1. The van der Waals surface area contributed by atoms with Crippen LogP contribution in [0.1, 0.15) is 31.1 Å². The van der Waals surface area contributed by atoms with Gasteiger partial charge >= 0.3 is 0 Å². The van der Waals surface area contributed by atoms with Crippen molar-refractivity contribution < 1.29 is 4.79 Å². The van der Waals surface area contributed by atoms with Crippen LogP contribution in [-0.4, -0.2) is 18.5 Å². The second-order valence-electron chi connectivity index (χ2n) is 5.25. The second-order valence-corrected chi connectivity index (χ2v) is 6.57. The molecule has 100 valence electrons. The zero-order valence-electron chi connectivity index (χ0n) is 10.8. The average Bonchev–Trinajstić information content (AvgIpc) is 2.27. The van der Waals surface area contributed by atoms with E-state index in [-0.39, 0.29) is 17.4 Å². The van der Waals surface area contributed by atoms with Crippen molar-refractivity contribution in [3.8, 4) is 0 Å². The van der Waals surface area contributed by atoms with Crippen LogP contribution in [0, 0.1) is 5.41 Å². The Hall–Kier alpha value is -0.580. The average molecular weight is 334 g/mol. The molecule has 3 N–H and O–H groups in total. The van der Waals surface area contributed by atoms with Crippen LogP contribution in [0.5, 0.6) is 0 Å². The zero-order chi connectivity index (χ0) is 13.9. The Bertz CT molecular complexity index is 443. The SMILES string of the molecule is CC(C)(C)C(CN)NC(=O)c1cc(Br)ccc1Cl. The number of carbonyl (C=O) groups excluding carboxylic acids is 1. The Balaban J connectivity index is 2.91. The summed E-state index contributed by atoms with van der Waals surface area (Å²) in [4.78, 5) is 12.2. The van der Waals surface area contributed by atoms with E-state index in [1.807, 2.05) is 20.8 Å². The standard InChI is InChI=1S/C13H18BrClN2O/c1-13(2,3)11(7-16)17-12(18)9-6-8(14)4-5-10(9)15/h4-6,11H,7,16H2,1-3H3,(H,17,18). The maximum Gasteiger partial charge on any atom is 0.253 e. The first kappa shape index (κ1) is 15.5. The molecule has 0 saturated carbocycles. The van der Waals surface area contributed by atoms with Gasteiger partial charge in [0.25, 0.3) is 5.91 Å². The molecule has 0 fully saturated rings. The van der Waals surface area contributed by atoms with Crippen LogP contribution in [-0.2, 0) is 0 Å². The lowest BCUT2D eigenvalue weighted by Crippen LogP contribution is -2.48. The maximum absolute atomic E-state index is 12.2. The topological polar surface area (TPSA) is 55.1 Å². The maximum atomic E-state index is 12.2. The van der Waals surface area contributed by atoms with E-state index < -0.39 is 0 Å². The number of hydrogen-bond donors (Lipinski definition) is 2. The molecule has 0 spiro atoms. The van der Waals surface area contributed by atoms with E-state index in [4.69, 9.17) is 17.3 Å². The van der Waals surface area contributed by atoms with Gasteiger partial charge in [0, 0.05) is 17.1 Å². The van der Waals surface area contributed by atoms with E-state index in [9.17, 15) is 4.79 Å². The molecule has 1 rings (SSSR count).